The molecule has 0 atom stereocenters. The number of hydrogen-bond acceptors (Lipinski definition) is 6. The Labute approximate surface area is 183 Å². The maximum Gasteiger partial charge on any atom is 0.407 e. The van der Waals surface area contributed by atoms with Crippen LogP contribution in [0.5, 0.6) is 11.5 Å². The molecule has 0 spiro atoms. The lowest BCUT2D eigenvalue weighted by atomic mass is 10.2. The van der Waals surface area contributed by atoms with Crippen molar-refractivity contribution in [3.05, 3.63) is 24.3 Å². The highest BCUT2D eigenvalue weighted by molar-refractivity contribution is 5.79. The minimum absolute atomic E-state index is 0.0596. The van der Waals surface area contributed by atoms with Gasteiger partial charge in [-0.05, 0) is 39.3 Å². The quantitative estimate of drug-likeness (QED) is 0.704. The highest BCUT2D eigenvalue weighted by atomic mass is 16.6. The topological polar surface area (TPSA) is 97.4 Å². The number of para-hydroxylation sites is 2. The number of rotatable bonds is 7. The van der Waals surface area contributed by atoms with Gasteiger partial charge in [-0.3, -0.25) is 9.59 Å². The number of nitrogens with zero attached hydrogens (tertiary/aromatic N) is 2. The molecule has 172 valence electrons. The number of ether oxygens (including phenoxy) is 3. The van der Waals surface area contributed by atoms with Gasteiger partial charge >= 0.3 is 6.09 Å². The van der Waals surface area contributed by atoms with Crippen molar-refractivity contribution in [2.75, 3.05) is 46.4 Å². The molecule has 9 nitrogen and oxygen atoms in total. The van der Waals surface area contributed by atoms with Crippen LogP contribution in [0.4, 0.5) is 4.79 Å². The third-order valence-corrected chi connectivity index (χ3v) is 4.63. The molecule has 1 aromatic carbocycles. The number of benzene rings is 1. The van der Waals surface area contributed by atoms with Crippen LogP contribution in [-0.4, -0.2) is 79.7 Å². The lowest BCUT2D eigenvalue weighted by molar-refractivity contribution is -0.134. The van der Waals surface area contributed by atoms with E-state index < -0.39 is 11.7 Å². The fourth-order valence-corrected chi connectivity index (χ4v) is 3.13. The summed E-state index contributed by atoms with van der Waals surface area (Å²) in [5, 5.41) is 2.59. The molecule has 1 fully saturated rings. The van der Waals surface area contributed by atoms with Gasteiger partial charge in [-0.25, -0.2) is 4.79 Å². The minimum atomic E-state index is -0.579. The molecule has 9 heteroatoms. The smallest absolute Gasteiger partial charge is 0.407 e. The maximum atomic E-state index is 12.6. The molecule has 1 aliphatic rings. The Morgan fingerprint density at radius 2 is 1.58 bits per heavy atom. The Kier molecular flexibility index (Phi) is 8.96. The van der Waals surface area contributed by atoms with E-state index in [1.807, 2.05) is 12.1 Å². The minimum Gasteiger partial charge on any atom is -0.493 e. The van der Waals surface area contributed by atoms with Crippen LogP contribution in [0, 0.1) is 0 Å². The summed E-state index contributed by atoms with van der Waals surface area (Å²) in [5.74, 6) is 0.896. The molecule has 0 aromatic heterocycles. The fraction of sp³-hybridized carbons (Fsp3) is 0.591. The monoisotopic (exact) mass is 435 g/mol. The number of methoxy groups -OCH3 is 1. The summed E-state index contributed by atoms with van der Waals surface area (Å²) < 4.78 is 16.0. The molecule has 2 rings (SSSR count). The number of hydrogen-bond donors (Lipinski definition) is 1. The van der Waals surface area contributed by atoms with Crippen LogP contribution in [0.25, 0.3) is 0 Å². The summed E-state index contributed by atoms with van der Waals surface area (Å²) >= 11 is 0. The zero-order valence-electron chi connectivity index (χ0n) is 18.8. The van der Waals surface area contributed by atoms with Crippen molar-refractivity contribution >= 4 is 17.9 Å². The number of amides is 3. The normalized spacial score (nSPS) is 14.5. The third kappa shape index (κ3) is 8.35. The molecule has 1 saturated heterocycles. The van der Waals surface area contributed by atoms with E-state index in [-0.39, 0.29) is 31.4 Å². The molecule has 0 bridgehead atoms. The van der Waals surface area contributed by atoms with E-state index in [0.717, 1.165) is 0 Å². The largest absolute Gasteiger partial charge is 0.493 e. The van der Waals surface area contributed by atoms with Crippen LogP contribution in [0.2, 0.25) is 0 Å². The Balaban J connectivity index is 1.75. The van der Waals surface area contributed by atoms with Crippen LogP contribution in [0.3, 0.4) is 0 Å². The highest BCUT2D eigenvalue weighted by Gasteiger charge is 2.23. The van der Waals surface area contributed by atoms with Gasteiger partial charge in [-0.15, -0.1) is 0 Å². The second kappa shape index (κ2) is 11.4. The van der Waals surface area contributed by atoms with Crippen LogP contribution in [0.1, 0.15) is 33.6 Å². The first-order valence-electron chi connectivity index (χ1n) is 10.5. The van der Waals surface area contributed by atoms with Crippen molar-refractivity contribution in [1.82, 2.24) is 15.1 Å². The van der Waals surface area contributed by atoms with Crippen LogP contribution in [0.15, 0.2) is 24.3 Å². The fourth-order valence-electron chi connectivity index (χ4n) is 3.13. The van der Waals surface area contributed by atoms with E-state index in [2.05, 4.69) is 5.32 Å². The first kappa shape index (κ1) is 24.3. The first-order valence-corrected chi connectivity index (χ1v) is 10.5. The Morgan fingerprint density at radius 3 is 2.19 bits per heavy atom. The van der Waals surface area contributed by atoms with Crippen molar-refractivity contribution in [3.8, 4) is 11.5 Å². The molecular formula is C22H33N3O6. The van der Waals surface area contributed by atoms with Crippen molar-refractivity contribution in [2.45, 2.75) is 39.2 Å². The summed E-state index contributed by atoms with van der Waals surface area (Å²) in [7, 11) is 1.55. The SMILES string of the molecule is COc1ccccc1OCC(=O)N1CCCN(C(=O)CCNC(=O)OC(C)(C)C)CC1. The predicted molar refractivity (Wildman–Crippen MR) is 115 cm³/mol. The van der Waals surface area contributed by atoms with Gasteiger partial charge in [0.05, 0.1) is 7.11 Å². The lowest BCUT2D eigenvalue weighted by Crippen LogP contribution is -2.40. The molecule has 0 unspecified atom stereocenters. The molecule has 1 N–H and O–H groups in total. The summed E-state index contributed by atoms with van der Waals surface area (Å²) in [5.41, 5.74) is -0.579. The first-order chi connectivity index (χ1) is 14.7. The van der Waals surface area contributed by atoms with Crippen molar-refractivity contribution < 1.29 is 28.6 Å². The zero-order valence-corrected chi connectivity index (χ0v) is 18.8. The molecular weight excluding hydrogens is 402 g/mol. The summed E-state index contributed by atoms with van der Waals surface area (Å²) in [6.07, 6.45) is 0.332. The average Bonchev–Trinajstić information content (AvgIpc) is 2.97. The molecule has 0 aliphatic carbocycles. The van der Waals surface area contributed by atoms with E-state index in [0.29, 0.717) is 44.1 Å². The van der Waals surface area contributed by atoms with Crippen LogP contribution in [-0.2, 0) is 14.3 Å². The molecule has 0 saturated carbocycles. The Hall–Kier alpha value is -2.97. The Bertz CT molecular complexity index is 762. The molecule has 1 aliphatic heterocycles. The van der Waals surface area contributed by atoms with Crippen molar-refractivity contribution in [1.29, 1.82) is 0 Å². The summed E-state index contributed by atoms with van der Waals surface area (Å²) in [6, 6.07) is 7.17. The van der Waals surface area contributed by atoms with E-state index in [4.69, 9.17) is 14.2 Å². The van der Waals surface area contributed by atoms with Crippen molar-refractivity contribution in [3.63, 3.8) is 0 Å². The van der Waals surface area contributed by atoms with Gasteiger partial charge in [-0.2, -0.15) is 0 Å². The maximum absolute atomic E-state index is 12.6. The average molecular weight is 436 g/mol. The second-order valence-electron chi connectivity index (χ2n) is 8.23. The highest BCUT2D eigenvalue weighted by Crippen LogP contribution is 2.25. The zero-order chi connectivity index (χ0) is 22.9. The molecule has 3 amide bonds. The second-order valence-corrected chi connectivity index (χ2v) is 8.23. The van der Waals surface area contributed by atoms with Crippen LogP contribution < -0.4 is 14.8 Å². The standard InChI is InChI=1S/C22H33N3O6/c1-22(2,3)31-21(28)23-11-10-19(26)24-12-7-13-25(15-14-24)20(27)16-30-18-9-6-5-8-17(18)29-4/h5-6,8-9H,7,10-16H2,1-4H3,(H,23,28). The molecule has 31 heavy (non-hydrogen) atoms. The van der Waals surface area contributed by atoms with Crippen LogP contribution >= 0.6 is 0 Å². The predicted octanol–water partition coefficient (Wildman–Crippen LogP) is 2.05. The van der Waals surface area contributed by atoms with E-state index in [1.165, 1.54) is 0 Å². The van der Waals surface area contributed by atoms with Gasteiger partial charge < -0.3 is 29.3 Å². The number of nitrogens with one attached hydrogen (secondary N) is 1. The molecule has 1 aromatic rings. The van der Waals surface area contributed by atoms with Gasteiger partial charge in [0.1, 0.15) is 5.60 Å². The number of carbonyl (C=O) groups excluding carboxylic acids is 3. The number of alkyl carbamates (subject to hydrolysis) is 1. The summed E-state index contributed by atoms with van der Waals surface area (Å²) in [6.45, 7) is 7.49. The van der Waals surface area contributed by atoms with Gasteiger partial charge in [0.2, 0.25) is 5.91 Å². The summed E-state index contributed by atoms with van der Waals surface area (Å²) in [4.78, 5) is 40.1. The molecule has 0 radical (unpaired) electrons. The molecule has 1 heterocycles. The van der Waals surface area contributed by atoms with Gasteiger partial charge in [0, 0.05) is 39.1 Å². The van der Waals surface area contributed by atoms with E-state index in [1.54, 1.807) is 49.8 Å². The third-order valence-electron chi connectivity index (χ3n) is 4.63. The van der Waals surface area contributed by atoms with E-state index in [9.17, 15) is 14.4 Å². The van der Waals surface area contributed by atoms with Gasteiger partial charge in [0.15, 0.2) is 18.1 Å². The number of carbonyl (C=O) groups is 3. The van der Waals surface area contributed by atoms with Gasteiger partial charge in [-0.1, -0.05) is 12.1 Å². The Morgan fingerprint density at radius 1 is 0.968 bits per heavy atom. The van der Waals surface area contributed by atoms with E-state index >= 15 is 0 Å². The lowest BCUT2D eigenvalue weighted by Gasteiger charge is -2.23. The van der Waals surface area contributed by atoms with Crippen molar-refractivity contribution in [2.24, 2.45) is 0 Å². The van der Waals surface area contributed by atoms with Gasteiger partial charge in [0.25, 0.3) is 5.91 Å².